The maximum Gasteiger partial charge on any atom is 0.281 e. The zero-order chi connectivity index (χ0) is 17.4. The molecule has 0 unspecified atom stereocenters. The van der Waals surface area contributed by atoms with Crippen molar-refractivity contribution in [1.29, 1.82) is 0 Å². The molecular formula is C19H14N4OS. The first-order valence-corrected chi connectivity index (χ1v) is 8.18. The van der Waals surface area contributed by atoms with Crippen LogP contribution < -0.4 is 10.2 Å². The fourth-order valence-corrected chi connectivity index (χ4v) is 3.02. The summed E-state index contributed by atoms with van der Waals surface area (Å²) in [7, 11) is 0. The van der Waals surface area contributed by atoms with Gasteiger partial charge in [-0.2, -0.15) is 0 Å². The lowest BCUT2D eigenvalue weighted by atomic mass is 10.2. The van der Waals surface area contributed by atoms with E-state index in [9.17, 15) is 4.79 Å². The first-order valence-electron chi connectivity index (χ1n) is 7.77. The Balaban J connectivity index is 1.69. The Hall–Kier alpha value is -3.12. The summed E-state index contributed by atoms with van der Waals surface area (Å²) in [4.78, 5) is 23.1. The maximum absolute atomic E-state index is 12.8. The lowest BCUT2D eigenvalue weighted by molar-refractivity contribution is -0.113. The molecular weight excluding hydrogens is 332 g/mol. The van der Waals surface area contributed by atoms with Gasteiger partial charge in [-0.1, -0.05) is 24.3 Å². The summed E-state index contributed by atoms with van der Waals surface area (Å²) in [6, 6.07) is 15.3. The summed E-state index contributed by atoms with van der Waals surface area (Å²) in [5, 5.41) is 3.33. The number of fused-ring (bicyclic) bond motifs is 1. The Kier molecular flexibility index (Phi) is 3.74. The normalized spacial score (nSPS) is 15.9. The number of benzene rings is 2. The molecule has 0 spiro atoms. The third-order valence-corrected chi connectivity index (χ3v) is 4.18. The van der Waals surface area contributed by atoms with Crippen LogP contribution in [0, 0.1) is 6.92 Å². The molecule has 3 aromatic rings. The smallest absolute Gasteiger partial charge is 0.281 e. The number of carbonyl (C=O) groups is 1. The van der Waals surface area contributed by atoms with Crippen LogP contribution in [0.25, 0.3) is 17.1 Å². The summed E-state index contributed by atoms with van der Waals surface area (Å²) >= 11 is 5.33. The van der Waals surface area contributed by atoms with Gasteiger partial charge in [0, 0.05) is 0 Å². The summed E-state index contributed by atoms with van der Waals surface area (Å²) in [5.74, 6) is -0.203. The van der Waals surface area contributed by atoms with Crippen molar-refractivity contribution in [2.75, 3.05) is 4.90 Å². The Morgan fingerprint density at radius 1 is 1.12 bits per heavy atom. The molecule has 1 saturated heterocycles. The van der Waals surface area contributed by atoms with Crippen molar-refractivity contribution in [2.24, 2.45) is 0 Å². The van der Waals surface area contributed by atoms with Crippen LogP contribution in [0.3, 0.4) is 0 Å². The van der Waals surface area contributed by atoms with Crippen LogP contribution >= 0.6 is 12.2 Å². The van der Waals surface area contributed by atoms with E-state index in [4.69, 9.17) is 12.2 Å². The van der Waals surface area contributed by atoms with Gasteiger partial charge in [-0.3, -0.25) is 14.7 Å². The minimum Gasteiger partial charge on any atom is -0.327 e. The van der Waals surface area contributed by atoms with Gasteiger partial charge in [0.2, 0.25) is 0 Å². The number of para-hydroxylation sites is 2. The molecule has 5 nitrogen and oxygen atoms in total. The maximum atomic E-state index is 12.8. The number of nitrogens with one attached hydrogen (secondary N) is 1. The monoisotopic (exact) mass is 346 g/mol. The van der Waals surface area contributed by atoms with E-state index in [0.717, 1.165) is 22.3 Å². The van der Waals surface area contributed by atoms with Gasteiger partial charge < -0.3 is 5.32 Å². The average Bonchev–Trinajstić information content (AvgIpc) is 2.88. The first kappa shape index (κ1) is 15.4. The first-order chi connectivity index (χ1) is 12.1. The highest BCUT2D eigenvalue weighted by Gasteiger charge is 2.32. The van der Waals surface area contributed by atoms with Crippen molar-refractivity contribution < 1.29 is 4.79 Å². The van der Waals surface area contributed by atoms with Crippen LogP contribution in [0.2, 0.25) is 0 Å². The minimum absolute atomic E-state index is 0.203. The molecule has 0 radical (unpaired) electrons. The van der Waals surface area contributed by atoms with Gasteiger partial charge >= 0.3 is 0 Å². The molecule has 2 aromatic carbocycles. The number of rotatable bonds is 2. The van der Waals surface area contributed by atoms with E-state index in [1.165, 1.54) is 4.90 Å². The molecule has 0 saturated carbocycles. The predicted molar refractivity (Wildman–Crippen MR) is 102 cm³/mol. The molecule has 6 heteroatoms. The fraction of sp³-hybridized carbons (Fsp3) is 0.0526. The van der Waals surface area contributed by atoms with E-state index < -0.39 is 0 Å². The zero-order valence-electron chi connectivity index (χ0n) is 13.4. The van der Waals surface area contributed by atoms with E-state index in [-0.39, 0.29) is 5.91 Å². The number of thiocarbonyl (C=S) groups is 1. The lowest BCUT2D eigenvalue weighted by Crippen LogP contribution is -2.30. The molecule has 0 aliphatic carbocycles. The molecule has 1 fully saturated rings. The Bertz CT molecular complexity index is 1040. The summed E-state index contributed by atoms with van der Waals surface area (Å²) in [6.07, 6.45) is 3.31. The van der Waals surface area contributed by atoms with Crippen LogP contribution in [0.5, 0.6) is 0 Å². The molecule has 122 valence electrons. The SMILES string of the molecule is Cc1cccc(N2C(=O)/C(=C\c3cnc4ccccc4n3)NC2=S)c1. The van der Waals surface area contributed by atoms with Crippen molar-refractivity contribution in [3.63, 3.8) is 0 Å². The number of hydrogen-bond acceptors (Lipinski definition) is 4. The van der Waals surface area contributed by atoms with E-state index in [1.54, 1.807) is 12.3 Å². The topological polar surface area (TPSA) is 58.1 Å². The van der Waals surface area contributed by atoms with Gasteiger partial charge in [-0.15, -0.1) is 0 Å². The molecule has 0 atom stereocenters. The molecule has 25 heavy (non-hydrogen) atoms. The summed E-state index contributed by atoms with van der Waals surface area (Å²) < 4.78 is 0. The molecule has 2 heterocycles. The summed E-state index contributed by atoms with van der Waals surface area (Å²) in [6.45, 7) is 1.97. The fourth-order valence-electron chi connectivity index (χ4n) is 2.73. The molecule has 1 amide bonds. The van der Waals surface area contributed by atoms with E-state index in [1.807, 2.05) is 55.5 Å². The minimum atomic E-state index is -0.203. The van der Waals surface area contributed by atoms with Gasteiger partial charge in [-0.25, -0.2) is 4.98 Å². The van der Waals surface area contributed by atoms with Crippen molar-refractivity contribution in [3.8, 4) is 0 Å². The van der Waals surface area contributed by atoms with Crippen molar-refractivity contribution in [3.05, 3.63) is 71.7 Å². The highest BCUT2D eigenvalue weighted by atomic mass is 32.1. The molecule has 1 aliphatic heterocycles. The second-order valence-electron chi connectivity index (χ2n) is 5.75. The molecule has 1 N–H and O–H groups in total. The van der Waals surface area contributed by atoms with Gasteiger partial charge in [-0.05, 0) is 55.0 Å². The van der Waals surface area contributed by atoms with Crippen LogP contribution in [0.4, 0.5) is 5.69 Å². The second kappa shape index (κ2) is 6.07. The Labute approximate surface area is 150 Å². The van der Waals surface area contributed by atoms with Crippen LogP contribution in [0.1, 0.15) is 11.3 Å². The number of amides is 1. The van der Waals surface area contributed by atoms with Crippen LogP contribution in [-0.2, 0) is 4.79 Å². The van der Waals surface area contributed by atoms with Gasteiger partial charge in [0.15, 0.2) is 5.11 Å². The average molecular weight is 346 g/mol. The van der Waals surface area contributed by atoms with E-state index >= 15 is 0 Å². The largest absolute Gasteiger partial charge is 0.327 e. The highest BCUT2D eigenvalue weighted by molar-refractivity contribution is 7.80. The summed E-state index contributed by atoms with van der Waals surface area (Å²) in [5.41, 5.74) is 4.38. The Morgan fingerprint density at radius 3 is 2.72 bits per heavy atom. The number of anilines is 1. The third-order valence-electron chi connectivity index (χ3n) is 3.90. The van der Waals surface area contributed by atoms with Crippen molar-refractivity contribution in [2.45, 2.75) is 6.92 Å². The predicted octanol–water partition coefficient (Wildman–Crippen LogP) is 3.20. The molecule has 1 aromatic heterocycles. The quantitative estimate of drug-likeness (QED) is 0.570. The van der Waals surface area contributed by atoms with Gasteiger partial charge in [0.25, 0.3) is 5.91 Å². The number of hydrogen-bond donors (Lipinski definition) is 1. The number of aryl methyl sites for hydroxylation is 1. The lowest BCUT2D eigenvalue weighted by Gasteiger charge is -2.14. The zero-order valence-corrected chi connectivity index (χ0v) is 14.2. The van der Waals surface area contributed by atoms with Gasteiger partial charge in [0.1, 0.15) is 5.70 Å². The standard InChI is InChI=1S/C19H14N4OS/c1-12-5-4-6-14(9-12)23-18(24)17(22-19(23)25)10-13-11-20-15-7-2-3-8-16(15)21-13/h2-11H,1H3,(H,22,25)/b17-10+. The van der Waals surface area contributed by atoms with Gasteiger partial charge in [0.05, 0.1) is 28.6 Å². The van der Waals surface area contributed by atoms with E-state index in [2.05, 4.69) is 15.3 Å². The number of nitrogens with zero attached hydrogens (tertiary/aromatic N) is 3. The highest BCUT2D eigenvalue weighted by Crippen LogP contribution is 2.23. The number of carbonyl (C=O) groups excluding carboxylic acids is 1. The third kappa shape index (κ3) is 2.88. The second-order valence-corrected chi connectivity index (χ2v) is 6.14. The molecule has 1 aliphatic rings. The van der Waals surface area contributed by atoms with E-state index in [0.29, 0.717) is 16.5 Å². The Morgan fingerprint density at radius 2 is 1.92 bits per heavy atom. The van der Waals surface area contributed by atoms with Crippen molar-refractivity contribution in [1.82, 2.24) is 15.3 Å². The number of aromatic nitrogens is 2. The molecule has 4 rings (SSSR count). The van der Waals surface area contributed by atoms with Crippen molar-refractivity contribution >= 4 is 46.0 Å². The van der Waals surface area contributed by atoms with Crippen LogP contribution in [-0.4, -0.2) is 21.0 Å². The van der Waals surface area contributed by atoms with Crippen LogP contribution in [0.15, 0.2) is 60.4 Å². The molecule has 0 bridgehead atoms.